The van der Waals surface area contributed by atoms with Crippen molar-refractivity contribution >= 4 is 23.2 Å². The maximum Gasteiger partial charge on any atom is 0.0746 e. The Labute approximate surface area is 154 Å². The molecule has 0 heterocycles. The normalized spacial score (nSPS) is 12.2. The molecule has 0 aliphatic rings. The molecular formula is C23H21NS. The first kappa shape index (κ1) is 17.2. The molecule has 3 aromatic rings. The second kappa shape index (κ2) is 8.50. The van der Waals surface area contributed by atoms with Crippen LogP contribution in [0.3, 0.4) is 0 Å². The molecule has 0 aromatic heterocycles. The molecule has 2 heteroatoms. The van der Waals surface area contributed by atoms with E-state index in [2.05, 4.69) is 67.8 Å². The summed E-state index contributed by atoms with van der Waals surface area (Å²) in [6.45, 7) is 4.26. The van der Waals surface area contributed by atoms with Gasteiger partial charge in [-0.05, 0) is 54.7 Å². The van der Waals surface area contributed by atoms with E-state index in [1.54, 1.807) is 11.8 Å². The lowest BCUT2D eigenvalue weighted by Gasteiger charge is -2.11. The van der Waals surface area contributed by atoms with Gasteiger partial charge >= 0.3 is 0 Å². The molecule has 0 unspecified atom stereocenters. The molecule has 0 spiro atoms. The number of benzene rings is 3. The van der Waals surface area contributed by atoms with E-state index in [1.807, 2.05) is 36.4 Å². The van der Waals surface area contributed by atoms with Crippen LogP contribution in [-0.2, 0) is 0 Å². The van der Waals surface area contributed by atoms with Crippen LogP contribution in [-0.4, -0.2) is 5.71 Å². The molecule has 0 atom stereocenters. The molecular weight excluding hydrogens is 322 g/mol. The lowest BCUT2D eigenvalue weighted by Crippen LogP contribution is -2.04. The summed E-state index contributed by atoms with van der Waals surface area (Å²) in [5, 5.41) is 2.18. The Morgan fingerprint density at radius 3 is 2.08 bits per heavy atom. The van der Waals surface area contributed by atoms with Gasteiger partial charge in [-0.25, -0.2) is 4.99 Å². The maximum atomic E-state index is 4.94. The van der Waals surface area contributed by atoms with Crippen molar-refractivity contribution in [3.63, 3.8) is 0 Å². The standard InChI is InChI=1S/C23H21NS/c1-18-11-9-10-16-22(18)23(24-20-12-5-3-6-13-20)19(2)17-25-21-14-7-4-8-15-21/h3-17H,1-2H3. The second-order valence-electron chi connectivity index (χ2n) is 5.84. The maximum absolute atomic E-state index is 4.94. The largest absolute Gasteiger partial charge is 0.248 e. The molecule has 0 aliphatic carbocycles. The van der Waals surface area contributed by atoms with Crippen molar-refractivity contribution in [1.82, 2.24) is 0 Å². The zero-order chi connectivity index (χ0) is 17.5. The average molecular weight is 343 g/mol. The van der Waals surface area contributed by atoms with E-state index in [0.29, 0.717) is 0 Å². The molecule has 0 aliphatic heterocycles. The highest BCUT2D eigenvalue weighted by Gasteiger charge is 2.09. The minimum Gasteiger partial charge on any atom is -0.248 e. The molecule has 0 N–H and O–H groups in total. The van der Waals surface area contributed by atoms with E-state index >= 15 is 0 Å². The number of nitrogens with zero attached hydrogens (tertiary/aromatic N) is 1. The Kier molecular flexibility index (Phi) is 5.86. The minimum atomic E-state index is 0.971. The number of hydrogen-bond acceptors (Lipinski definition) is 2. The van der Waals surface area contributed by atoms with Gasteiger partial charge in [0.25, 0.3) is 0 Å². The quantitative estimate of drug-likeness (QED) is 0.366. The number of hydrogen-bond donors (Lipinski definition) is 0. The van der Waals surface area contributed by atoms with Crippen LogP contribution in [0.25, 0.3) is 0 Å². The average Bonchev–Trinajstić information content (AvgIpc) is 2.66. The van der Waals surface area contributed by atoms with E-state index in [4.69, 9.17) is 4.99 Å². The highest BCUT2D eigenvalue weighted by atomic mass is 32.2. The van der Waals surface area contributed by atoms with Crippen LogP contribution in [0.5, 0.6) is 0 Å². The van der Waals surface area contributed by atoms with Gasteiger partial charge in [0.2, 0.25) is 0 Å². The fraction of sp³-hybridized carbons (Fsp3) is 0.0870. The third kappa shape index (κ3) is 4.71. The smallest absolute Gasteiger partial charge is 0.0746 e. The van der Waals surface area contributed by atoms with Gasteiger partial charge in [0.15, 0.2) is 0 Å². The van der Waals surface area contributed by atoms with Crippen LogP contribution in [0.1, 0.15) is 18.1 Å². The van der Waals surface area contributed by atoms with Crippen molar-refractivity contribution in [3.05, 3.63) is 107 Å². The molecule has 0 fully saturated rings. The summed E-state index contributed by atoms with van der Waals surface area (Å²) < 4.78 is 0. The minimum absolute atomic E-state index is 0.971. The van der Waals surface area contributed by atoms with Crippen LogP contribution in [0.15, 0.2) is 106 Å². The summed E-state index contributed by atoms with van der Waals surface area (Å²) in [5.74, 6) is 0. The molecule has 0 saturated carbocycles. The lowest BCUT2D eigenvalue weighted by atomic mass is 10.00. The number of thioether (sulfide) groups is 1. The fourth-order valence-electron chi connectivity index (χ4n) is 2.54. The van der Waals surface area contributed by atoms with Crippen molar-refractivity contribution < 1.29 is 0 Å². The lowest BCUT2D eigenvalue weighted by molar-refractivity contribution is 1.39. The fourth-order valence-corrected chi connectivity index (χ4v) is 3.28. The number of aryl methyl sites for hydroxylation is 1. The van der Waals surface area contributed by atoms with Crippen molar-refractivity contribution in [1.29, 1.82) is 0 Å². The van der Waals surface area contributed by atoms with Crippen LogP contribution < -0.4 is 0 Å². The van der Waals surface area contributed by atoms with Gasteiger partial charge in [-0.15, -0.1) is 0 Å². The molecule has 3 aromatic carbocycles. The third-order valence-corrected chi connectivity index (χ3v) is 4.90. The molecule has 25 heavy (non-hydrogen) atoms. The summed E-state index contributed by atoms with van der Waals surface area (Å²) in [4.78, 5) is 6.16. The molecule has 0 amide bonds. The number of rotatable bonds is 5. The van der Waals surface area contributed by atoms with Crippen LogP contribution in [0.4, 0.5) is 5.69 Å². The first-order chi connectivity index (χ1) is 12.2. The monoisotopic (exact) mass is 343 g/mol. The Morgan fingerprint density at radius 1 is 0.800 bits per heavy atom. The Morgan fingerprint density at radius 2 is 1.40 bits per heavy atom. The van der Waals surface area contributed by atoms with E-state index in [-0.39, 0.29) is 0 Å². The van der Waals surface area contributed by atoms with Crippen molar-refractivity contribution in [2.24, 2.45) is 4.99 Å². The number of para-hydroxylation sites is 1. The van der Waals surface area contributed by atoms with Crippen LogP contribution in [0, 0.1) is 6.92 Å². The zero-order valence-electron chi connectivity index (χ0n) is 14.5. The predicted molar refractivity (Wildman–Crippen MR) is 110 cm³/mol. The van der Waals surface area contributed by atoms with Crippen LogP contribution in [0.2, 0.25) is 0 Å². The Balaban J connectivity index is 1.99. The SMILES string of the molecule is CC(=CSc1ccccc1)C(=Nc1ccccc1)c1ccccc1C. The molecule has 0 bridgehead atoms. The number of allylic oxidation sites excluding steroid dienone is 1. The topological polar surface area (TPSA) is 12.4 Å². The second-order valence-corrected chi connectivity index (χ2v) is 6.79. The molecule has 1 nitrogen and oxygen atoms in total. The summed E-state index contributed by atoms with van der Waals surface area (Å²) in [5.41, 5.74) is 5.56. The molecule has 124 valence electrons. The highest BCUT2D eigenvalue weighted by molar-refractivity contribution is 8.02. The summed E-state index contributed by atoms with van der Waals surface area (Å²) in [7, 11) is 0. The first-order valence-electron chi connectivity index (χ1n) is 8.32. The molecule has 0 saturated heterocycles. The van der Waals surface area contributed by atoms with Crippen molar-refractivity contribution in [3.8, 4) is 0 Å². The van der Waals surface area contributed by atoms with Crippen molar-refractivity contribution in [2.45, 2.75) is 18.7 Å². The van der Waals surface area contributed by atoms with Gasteiger partial charge in [0.05, 0.1) is 11.4 Å². The van der Waals surface area contributed by atoms with E-state index in [1.165, 1.54) is 16.0 Å². The van der Waals surface area contributed by atoms with Crippen LogP contribution >= 0.6 is 11.8 Å². The van der Waals surface area contributed by atoms with Gasteiger partial charge < -0.3 is 0 Å². The van der Waals surface area contributed by atoms with E-state index in [0.717, 1.165) is 17.0 Å². The van der Waals surface area contributed by atoms with Gasteiger partial charge in [0, 0.05) is 10.5 Å². The van der Waals surface area contributed by atoms with Gasteiger partial charge in [-0.3, -0.25) is 0 Å². The Bertz CT molecular complexity index is 880. The third-order valence-electron chi connectivity index (χ3n) is 3.89. The summed E-state index contributed by atoms with van der Waals surface area (Å²) in [6.07, 6.45) is 0. The van der Waals surface area contributed by atoms with Gasteiger partial charge in [0.1, 0.15) is 0 Å². The molecule has 0 radical (unpaired) electrons. The summed E-state index contributed by atoms with van der Waals surface area (Å²) >= 11 is 1.73. The highest BCUT2D eigenvalue weighted by Crippen LogP contribution is 2.24. The van der Waals surface area contributed by atoms with E-state index < -0.39 is 0 Å². The Hall–Kier alpha value is -2.58. The van der Waals surface area contributed by atoms with Gasteiger partial charge in [-0.1, -0.05) is 72.4 Å². The first-order valence-corrected chi connectivity index (χ1v) is 9.20. The van der Waals surface area contributed by atoms with Crippen molar-refractivity contribution in [2.75, 3.05) is 0 Å². The zero-order valence-corrected chi connectivity index (χ0v) is 15.3. The summed E-state index contributed by atoms with van der Waals surface area (Å²) in [6, 6.07) is 28.9. The van der Waals surface area contributed by atoms with E-state index in [9.17, 15) is 0 Å². The number of aliphatic imine (C=N–C) groups is 1. The molecule has 3 rings (SSSR count). The predicted octanol–water partition coefficient (Wildman–Crippen LogP) is 6.81. The van der Waals surface area contributed by atoms with Gasteiger partial charge in [-0.2, -0.15) is 0 Å².